The predicted octanol–water partition coefficient (Wildman–Crippen LogP) is 6.36. The second-order valence-corrected chi connectivity index (χ2v) is 15.6. The third-order valence-electron chi connectivity index (χ3n) is 12.1. The summed E-state index contributed by atoms with van der Waals surface area (Å²) in [6, 6.07) is 9.22. The summed E-state index contributed by atoms with van der Waals surface area (Å²) in [6.07, 6.45) is 8.36. The molecular weight excluding hydrogens is 520 g/mol. The summed E-state index contributed by atoms with van der Waals surface area (Å²) < 4.78 is 0. The summed E-state index contributed by atoms with van der Waals surface area (Å²) in [5.74, 6) is 9.01. The summed E-state index contributed by atoms with van der Waals surface area (Å²) in [5.41, 5.74) is 2.54. The van der Waals surface area contributed by atoms with Crippen molar-refractivity contribution in [3.8, 4) is 11.8 Å². The van der Waals surface area contributed by atoms with Gasteiger partial charge in [0.15, 0.2) is 5.78 Å². The molecule has 1 saturated heterocycles. The van der Waals surface area contributed by atoms with E-state index in [1.54, 1.807) is 6.92 Å². The van der Waals surface area contributed by atoms with Gasteiger partial charge in [0.25, 0.3) is 0 Å². The molecule has 3 saturated carbocycles. The van der Waals surface area contributed by atoms with E-state index in [1.807, 2.05) is 11.0 Å². The van der Waals surface area contributed by atoms with Gasteiger partial charge >= 0.3 is 0 Å². The fourth-order valence-corrected chi connectivity index (χ4v) is 9.78. The Balaban J connectivity index is 1.37. The van der Waals surface area contributed by atoms with Crippen LogP contribution in [0.5, 0.6) is 0 Å². The largest absolute Gasteiger partial charge is 0.377 e. The molecule has 0 aromatic heterocycles. The van der Waals surface area contributed by atoms with E-state index in [0.29, 0.717) is 35.9 Å². The predicted molar refractivity (Wildman–Crippen MR) is 168 cm³/mol. The van der Waals surface area contributed by atoms with E-state index in [1.165, 1.54) is 16.8 Å². The van der Waals surface area contributed by atoms with Crippen molar-refractivity contribution in [1.82, 2.24) is 4.90 Å². The summed E-state index contributed by atoms with van der Waals surface area (Å²) in [6.45, 7) is 16.1. The minimum Gasteiger partial charge on any atom is -0.377 e. The molecule has 1 aromatic carbocycles. The average Bonchev–Trinajstić information content (AvgIpc) is 3.22. The first-order valence-corrected chi connectivity index (χ1v) is 16.4. The van der Waals surface area contributed by atoms with Crippen LogP contribution in [-0.2, 0) is 9.59 Å². The number of rotatable bonds is 2. The lowest BCUT2D eigenvalue weighted by molar-refractivity contribution is -0.129. The smallest absolute Gasteiger partial charge is 0.219 e. The Morgan fingerprint density at radius 1 is 1.00 bits per heavy atom. The first-order chi connectivity index (χ1) is 19.7. The number of anilines is 1. The topological polar surface area (TPSA) is 60.9 Å². The monoisotopic (exact) mass is 570 g/mol. The quantitative estimate of drug-likeness (QED) is 0.421. The molecule has 5 heteroatoms. The molecular formula is C37H50N2O3. The highest BCUT2D eigenvalue weighted by Gasteiger charge is 2.66. The number of carbonyl (C=O) groups is 2. The maximum absolute atomic E-state index is 12.5. The van der Waals surface area contributed by atoms with Gasteiger partial charge in [-0.1, -0.05) is 43.4 Å². The molecule has 1 heterocycles. The summed E-state index contributed by atoms with van der Waals surface area (Å²) in [5, 5.41) is 12.3. The van der Waals surface area contributed by atoms with Crippen LogP contribution < -0.4 is 4.90 Å². The van der Waals surface area contributed by atoms with Crippen LogP contribution in [0.1, 0.15) is 98.0 Å². The zero-order valence-electron chi connectivity index (χ0n) is 26.6. The van der Waals surface area contributed by atoms with E-state index in [-0.39, 0.29) is 22.2 Å². The van der Waals surface area contributed by atoms with Gasteiger partial charge in [0, 0.05) is 56.0 Å². The number of allylic oxidation sites excluding steroid dienone is 1. The van der Waals surface area contributed by atoms with Crippen molar-refractivity contribution in [2.24, 2.45) is 34.0 Å². The second kappa shape index (κ2) is 10.3. The minimum absolute atomic E-state index is 0.0162. The van der Waals surface area contributed by atoms with Gasteiger partial charge in [-0.25, -0.2) is 0 Å². The molecule has 226 valence electrons. The molecule has 4 aliphatic carbocycles. The van der Waals surface area contributed by atoms with Gasteiger partial charge in [0.1, 0.15) is 5.60 Å². The van der Waals surface area contributed by atoms with Crippen LogP contribution in [0.2, 0.25) is 0 Å². The van der Waals surface area contributed by atoms with Gasteiger partial charge in [-0.3, -0.25) is 9.59 Å². The van der Waals surface area contributed by atoms with Gasteiger partial charge in [0.05, 0.1) is 0 Å². The molecule has 5 nitrogen and oxygen atoms in total. The minimum atomic E-state index is -0.982. The summed E-state index contributed by atoms with van der Waals surface area (Å²) in [7, 11) is 0. The molecule has 0 bridgehead atoms. The molecule has 0 spiro atoms. The van der Waals surface area contributed by atoms with E-state index < -0.39 is 5.60 Å². The number of carbonyl (C=O) groups excluding carboxylic acids is 2. The fourth-order valence-electron chi connectivity index (χ4n) is 9.78. The van der Waals surface area contributed by atoms with Crippen molar-refractivity contribution >= 4 is 17.4 Å². The Kier molecular flexibility index (Phi) is 7.20. The van der Waals surface area contributed by atoms with Gasteiger partial charge < -0.3 is 14.9 Å². The Morgan fingerprint density at radius 3 is 2.33 bits per heavy atom. The van der Waals surface area contributed by atoms with Crippen LogP contribution in [0.15, 0.2) is 35.9 Å². The highest BCUT2D eigenvalue weighted by atomic mass is 16.3. The number of fused-ring (bicyclic) bond motifs is 5. The number of amides is 1. The standard InChI is InChI=1S/C37H50N2O3/c1-25(40)38-19-21-39(22-20-38)28-10-7-26(8-11-28)31-24-36(6)32(14-16-37(36,42)18-17-34(2,3)4)30-12-9-27-23-29(41)13-15-35(27,5)33(30)31/h7-8,10-11,23,30-33,42H,9,12-16,19-22,24H2,1-6H3/t30-,31+,32-,33+,35-,36-,37+/m0/s1. The van der Waals surface area contributed by atoms with E-state index in [4.69, 9.17) is 0 Å². The van der Waals surface area contributed by atoms with Crippen molar-refractivity contribution < 1.29 is 14.7 Å². The normalized spacial score (nSPS) is 38.1. The first-order valence-electron chi connectivity index (χ1n) is 16.4. The number of ketones is 1. The average molecular weight is 571 g/mol. The van der Waals surface area contributed by atoms with Gasteiger partial charge in [-0.05, 0) is 112 Å². The molecule has 0 radical (unpaired) electrons. The lowest BCUT2D eigenvalue weighted by Crippen LogP contribution is -2.57. The van der Waals surface area contributed by atoms with E-state index >= 15 is 0 Å². The molecule has 1 aromatic rings. The highest BCUT2D eigenvalue weighted by Crippen LogP contribution is 2.70. The summed E-state index contributed by atoms with van der Waals surface area (Å²) in [4.78, 5) is 28.7. The van der Waals surface area contributed by atoms with E-state index in [9.17, 15) is 14.7 Å². The second-order valence-electron chi connectivity index (χ2n) is 15.6. The molecule has 1 N–H and O–H groups in total. The maximum atomic E-state index is 12.5. The lowest BCUT2D eigenvalue weighted by Gasteiger charge is -2.61. The molecule has 1 amide bonds. The van der Waals surface area contributed by atoms with Crippen molar-refractivity contribution in [2.75, 3.05) is 31.1 Å². The molecule has 6 rings (SSSR count). The molecule has 4 fully saturated rings. The molecule has 42 heavy (non-hydrogen) atoms. The molecule has 5 aliphatic rings. The van der Waals surface area contributed by atoms with Gasteiger partial charge in [-0.15, -0.1) is 0 Å². The van der Waals surface area contributed by atoms with Crippen molar-refractivity contribution in [1.29, 1.82) is 0 Å². The van der Waals surface area contributed by atoms with Crippen molar-refractivity contribution in [3.63, 3.8) is 0 Å². The lowest BCUT2D eigenvalue weighted by atomic mass is 9.43. The van der Waals surface area contributed by atoms with Crippen LogP contribution >= 0.6 is 0 Å². The van der Waals surface area contributed by atoms with Crippen LogP contribution in [0.4, 0.5) is 5.69 Å². The third-order valence-corrected chi connectivity index (χ3v) is 12.1. The number of nitrogens with zero attached hydrogens (tertiary/aromatic N) is 2. The zero-order valence-corrected chi connectivity index (χ0v) is 26.6. The maximum Gasteiger partial charge on any atom is 0.219 e. The molecule has 1 aliphatic heterocycles. The van der Waals surface area contributed by atoms with E-state index in [2.05, 4.69) is 75.6 Å². The number of aliphatic hydroxyl groups is 1. The van der Waals surface area contributed by atoms with Crippen LogP contribution in [0, 0.1) is 45.8 Å². The van der Waals surface area contributed by atoms with Gasteiger partial charge in [-0.2, -0.15) is 0 Å². The molecule has 7 atom stereocenters. The number of hydrogen-bond donors (Lipinski definition) is 1. The zero-order chi connectivity index (χ0) is 30.1. The summed E-state index contributed by atoms with van der Waals surface area (Å²) >= 11 is 0. The fraction of sp³-hybridized carbons (Fsp3) is 0.676. The highest BCUT2D eigenvalue weighted by molar-refractivity contribution is 5.91. The Morgan fingerprint density at radius 2 is 1.69 bits per heavy atom. The number of piperazine rings is 1. The first kappa shape index (κ1) is 29.5. The Bertz CT molecular complexity index is 1340. The van der Waals surface area contributed by atoms with Gasteiger partial charge in [0.2, 0.25) is 5.91 Å². The van der Waals surface area contributed by atoms with Crippen molar-refractivity contribution in [3.05, 3.63) is 41.5 Å². The van der Waals surface area contributed by atoms with Crippen LogP contribution in [-0.4, -0.2) is 53.5 Å². The SMILES string of the molecule is CC(=O)N1CCN(c2ccc([C@H]3C[C@@]4(C)[C@@H](CC[C@@]4(O)C#CC(C)(C)C)[C@@H]4CCC5=CC(=O)CC[C@]5(C)[C@H]43)cc2)CC1. The van der Waals surface area contributed by atoms with Crippen molar-refractivity contribution in [2.45, 2.75) is 98.0 Å². The van der Waals surface area contributed by atoms with E-state index in [0.717, 1.165) is 64.7 Å². The molecule has 0 unspecified atom stereocenters. The Labute approximate surface area is 253 Å². The third kappa shape index (κ3) is 4.83. The number of hydrogen-bond acceptors (Lipinski definition) is 4. The Hall–Kier alpha value is -2.58. The number of benzene rings is 1. The van der Waals surface area contributed by atoms with Crippen LogP contribution in [0.3, 0.4) is 0 Å². The van der Waals surface area contributed by atoms with Crippen LogP contribution in [0.25, 0.3) is 0 Å².